The number of aliphatic hydroxyl groups is 1. The molecule has 0 unspecified atom stereocenters. The minimum absolute atomic E-state index is 0.00767. The molecule has 0 atom stereocenters. The van der Waals surface area contributed by atoms with Crippen molar-refractivity contribution in [3.8, 4) is 11.1 Å². The number of ketones is 1. The summed E-state index contributed by atoms with van der Waals surface area (Å²) < 4.78 is 5.55. The van der Waals surface area contributed by atoms with Crippen LogP contribution in [0.4, 0.5) is 0 Å². The van der Waals surface area contributed by atoms with Gasteiger partial charge in [0.2, 0.25) is 0 Å². The second-order valence-electron chi connectivity index (χ2n) is 8.01. The number of benzene rings is 2. The van der Waals surface area contributed by atoms with E-state index in [1.807, 2.05) is 30.3 Å². The van der Waals surface area contributed by atoms with E-state index in [0.717, 1.165) is 23.1 Å². The fraction of sp³-hybridized carbons (Fsp3) is 0.167. The van der Waals surface area contributed by atoms with Crippen LogP contribution in [0, 0.1) is 6.92 Å². The maximum Gasteiger partial charge on any atom is 0.198 e. The summed E-state index contributed by atoms with van der Waals surface area (Å²) in [6.45, 7) is 12.0. The number of aromatic amines is 1. The highest BCUT2D eigenvalue weighted by Crippen LogP contribution is 2.30. The van der Waals surface area contributed by atoms with Gasteiger partial charge in [-0.25, -0.2) is 0 Å². The van der Waals surface area contributed by atoms with Crippen molar-refractivity contribution >= 4 is 17.6 Å². The normalized spacial score (nSPS) is 10.3. The van der Waals surface area contributed by atoms with E-state index in [1.54, 1.807) is 31.5 Å². The first-order chi connectivity index (χ1) is 17.0. The molecule has 5 heteroatoms. The van der Waals surface area contributed by atoms with Crippen molar-refractivity contribution < 1.29 is 14.3 Å². The monoisotopic (exact) mass is 468 g/mol. The van der Waals surface area contributed by atoms with E-state index in [4.69, 9.17) is 9.52 Å². The molecule has 0 aliphatic rings. The van der Waals surface area contributed by atoms with Crippen molar-refractivity contribution in [1.29, 1.82) is 0 Å². The average molecular weight is 469 g/mol. The van der Waals surface area contributed by atoms with Crippen molar-refractivity contribution in [2.24, 2.45) is 0 Å². The molecule has 0 spiro atoms. The molecule has 35 heavy (non-hydrogen) atoms. The van der Waals surface area contributed by atoms with Gasteiger partial charge in [-0.1, -0.05) is 80.8 Å². The average Bonchev–Trinajstić information content (AvgIpc) is 3.55. The van der Waals surface area contributed by atoms with Gasteiger partial charge in [0.15, 0.2) is 5.78 Å². The quantitative estimate of drug-likeness (QED) is 0.253. The van der Waals surface area contributed by atoms with Crippen LogP contribution in [0.1, 0.15) is 45.4 Å². The maximum absolute atomic E-state index is 13.1. The molecule has 4 aromatic rings. The lowest BCUT2D eigenvalue weighted by atomic mass is 9.96. The van der Waals surface area contributed by atoms with Crippen LogP contribution in [-0.4, -0.2) is 29.0 Å². The molecule has 0 fully saturated rings. The molecule has 3 N–H and O–H groups in total. The summed E-state index contributed by atoms with van der Waals surface area (Å²) >= 11 is 0. The van der Waals surface area contributed by atoms with Gasteiger partial charge in [0.25, 0.3) is 0 Å². The van der Waals surface area contributed by atoms with E-state index in [-0.39, 0.29) is 12.4 Å². The number of aliphatic hydroxyl groups excluding tert-OH is 1. The van der Waals surface area contributed by atoms with Gasteiger partial charge in [0, 0.05) is 23.9 Å². The largest absolute Gasteiger partial charge is 0.468 e. The molecule has 2 aromatic heterocycles. The zero-order chi connectivity index (χ0) is 25.2. The van der Waals surface area contributed by atoms with Crippen LogP contribution in [0.25, 0.3) is 22.9 Å². The Kier molecular flexibility index (Phi) is 9.04. The number of aromatic nitrogens is 1. The van der Waals surface area contributed by atoms with Gasteiger partial charge in [0.05, 0.1) is 29.8 Å². The highest BCUT2D eigenvalue weighted by molar-refractivity contribution is 6.13. The number of hydrogen-bond acceptors (Lipinski definition) is 4. The number of rotatable bonds is 9. The van der Waals surface area contributed by atoms with Crippen LogP contribution in [0.2, 0.25) is 0 Å². The van der Waals surface area contributed by atoms with E-state index in [0.29, 0.717) is 34.8 Å². The van der Waals surface area contributed by atoms with Crippen LogP contribution >= 0.6 is 0 Å². The summed E-state index contributed by atoms with van der Waals surface area (Å²) in [6.07, 6.45) is 6.18. The second-order valence-corrected chi connectivity index (χ2v) is 8.01. The first-order valence-electron chi connectivity index (χ1n) is 11.6. The Hall–Kier alpha value is -4.09. The molecule has 4 rings (SSSR count). The van der Waals surface area contributed by atoms with Gasteiger partial charge in [-0.2, -0.15) is 0 Å². The first-order valence-corrected chi connectivity index (χ1v) is 11.6. The lowest BCUT2D eigenvalue weighted by Crippen LogP contribution is -2.15. The fourth-order valence-corrected chi connectivity index (χ4v) is 3.61. The smallest absolute Gasteiger partial charge is 0.198 e. The van der Waals surface area contributed by atoms with Gasteiger partial charge >= 0.3 is 0 Å². The Morgan fingerprint density at radius 2 is 1.86 bits per heavy atom. The van der Waals surface area contributed by atoms with Gasteiger partial charge in [-0.05, 0) is 36.1 Å². The number of aryl methyl sites for hydroxylation is 2. The first kappa shape index (κ1) is 25.5. The summed E-state index contributed by atoms with van der Waals surface area (Å²) in [6, 6.07) is 20.0. The number of carbonyl (C=O) groups excluding carboxylic acids is 1. The highest BCUT2D eigenvalue weighted by Gasteiger charge is 2.22. The zero-order valence-electron chi connectivity index (χ0n) is 20.3. The van der Waals surface area contributed by atoms with Crippen LogP contribution in [0.3, 0.4) is 0 Å². The zero-order valence-corrected chi connectivity index (χ0v) is 20.3. The summed E-state index contributed by atoms with van der Waals surface area (Å²) in [5, 5.41) is 11.9. The molecule has 0 radical (unpaired) electrons. The van der Waals surface area contributed by atoms with Crippen molar-refractivity contribution in [2.45, 2.75) is 20.3 Å². The minimum Gasteiger partial charge on any atom is -0.468 e. The predicted octanol–water partition coefficient (Wildman–Crippen LogP) is 6.26. The summed E-state index contributed by atoms with van der Waals surface area (Å²) in [7, 11) is 0. The third kappa shape index (κ3) is 6.49. The van der Waals surface area contributed by atoms with Crippen LogP contribution in [0.15, 0.2) is 90.7 Å². The van der Waals surface area contributed by atoms with E-state index >= 15 is 0 Å². The molecular formula is C30H32N2O3. The summed E-state index contributed by atoms with van der Waals surface area (Å²) in [5.41, 5.74) is 6.46. The third-order valence-corrected chi connectivity index (χ3v) is 5.63. The number of nitrogens with one attached hydrogen (secondary N) is 2. The second kappa shape index (κ2) is 12.4. The molecular weight excluding hydrogens is 436 g/mol. The lowest BCUT2D eigenvalue weighted by Gasteiger charge is -2.05. The molecule has 0 saturated carbocycles. The van der Waals surface area contributed by atoms with Crippen LogP contribution in [-0.2, 0) is 6.42 Å². The number of hydrogen-bond donors (Lipinski definition) is 3. The molecule has 0 bridgehead atoms. The van der Waals surface area contributed by atoms with E-state index in [2.05, 4.69) is 54.6 Å². The molecule has 5 nitrogen and oxygen atoms in total. The van der Waals surface area contributed by atoms with Crippen LogP contribution < -0.4 is 5.32 Å². The number of furan rings is 1. The van der Waals surface area contributed by atoms with Gasteiger partial charge in [-0.15, -0.1) is 0 Å². The van der Waals surface area contributed by atoms with Crippen molar-refractivity contribution in [3.05, 3.63) is 120 Å². The molecule has 2 heterocycles. The summed E-state index contributed by atoms with van der Waals surface area (Å²) in [4.78, 5) is 16.2. The van der Waals surface area contributed by atoms with Gasteiger partial charge in [-0.3, -0.25) is 4.79 Å². The number of carbonyl (C=O) groups is 1. The maximum atomic E-state index is 13.1. The Morgan fingerprint density at radius 1 is 1.14 bits per heavy atom. The molecule has 180 valence electrons. The third-order valence-electron chi connectivity index (χ3n) is 5.63. The van der Waals surface area contributed by atoms with E-state index in [9.17, 15) is 4.79 Å². The van der Waals surface area contributed by atoms with Crippen molar-refractivity contribution in [2.75, 3.05) is 13.2 Å². The van der Waals surface area contributed by atoms with Crippen LogP contribution in [0.5, 0.6) is 0 Å². The Morgan fingerprint density at radius 3 is 2.46 bits per heavy atom. The molecule has 0 aliphatic carbocycles. The van der Waals surface area contributed by atoms with Gasteiger partial charge in [0.1, 0.15) is 5.76 Å². The minimum atomic E-state index is -0.124. The van der Waals surface area contributed by atoms with Crippen molar-refractivity contribution in [3.63, 3.8) is 0 Å². The van der Waals surface area contributed by atoms with E-state index < -0.39 is 0 Å². The molecule has 0 amide bonds. The molecule has 0 saturated heterocycles. The highest BCUT2D eigenvalue weighted by atomic mass is 16.3. The van der Waals surface area contributed by atoms with Crippen molar-refractivity contribution in [1.82, 2.24) is 10.3 Å². The molecule has 2 aromatic carbocycles. The van der Waals surface area contributed by atoms with E-state index in [1.165, 1.54) is 5.56 Å². The standard InChI is InChI=1S/C22H22N2O3.C8H10/c1-4-16-5-7-17(8-6-16)19-13-27-15(3)21(19)22(26)18-11-20(24-12-18)14(2)23-9-10-25;1-2-8-6-4-3-5-7-8/h4-8,11-13,23-25H,1-2,9-10H2,3H3;3-7H,2H2,1H3. The Labute approximate surface area is 206 Å². The Bertz CT molecular complexity index is 1260. The molecule has 0 aliphatic heterocycles. The Balaban J connectivity index is 0.000000363. The lowest BCUT2D eigenvalue weighted by molar-refractivity contribution is 0.103. The number of H-pyrrole nitrogens is 1. The summed E-state index contributed by atoms with van der Waals surface area (Å²) in [5.74, 6) is 0.448. The SMILES string of the molecule is C=Cc1ccc(-c2coc(C)c2C(=O)c2c[nH]c(C(=C)NCCO)c2)cc1.CCc1ccccc1. The predicted molar refractivity (Wildman–Crippen MR) is 143 cm³/mol. The topological polar surface area (TPSA) is 78.3 Å². The fourth-order valence-electron chi connectivity index (χ4n) is 3.61. The van der Waals surface area contributed by atoms with Gasteiger partial charge < -0.3 is 19.8 Å².